The third-order valence-corrected chi connectivity index (χ3v) is 11.5. The fourth-order valence-corrected chi connectivity index (χ4v) is 7.37. The van der Waals surface area contributed by atoms with Crippen molar-refractivity contribution < 1.29 is 14.4 Å². The molecule has 2 atom stereocenters. The van der Waals surface area contributed by atoms with E-state index in [-0.39, 0.29) is 47.0 Å². The molecule has 0 spiro atoms. The van der Waals surface area contributed by atoms with Crippen molar-refractivity contribution in [1.82, 2.24) is 5.32 Å². The molecule has 0 saturated heterocycles. The lowest BCUT2D eigenvalue weighted by Gasteiger charge is -2.25. The van der Waals surface area contributed by atoms with Crippen molar-refractivity contribution in [2.24, 2.45) is 66.3 Å². The van der Waals surface area contributed by atoms with Crippen LogP contribution in [-0.4, -0.2) is 85.1 Å². The Morgan fingerprint density at radius 3 is 1.89 bits per heavy atom. The number of benzene rings is 2. The van der Waals surface area contributed by atoms with Crippen LogP contribution in [0.5, 0.6) is 0 Å². The van der Waals surface area contributed by atoms with Crippen LogP contribution in [0.3, 0.4) is 0 Å². The topological polar surface area (TPSA) is 333 Å². The number of carbonyl (C=O) groups excluding carboxylic acids is 3. The minimum atomic E-state index is -0.815. The average Bonchev–Trinajstić information content (AvgIpc) is 3.20. The van der Waals surface area contributed by atoms with Gasteiger partial charge < -0.3 is 61.8 Å². The number of nitrogens with two attached hydrogens (primary N) is 8. The van der Waals surface area contributed by atoms with Crippen molar-refractivity contribution in [2.75, 3.05) is 48.3 Å². The number of amides is 3. The molecule has 0 aromatic heterocycles. The first-order chi connectivity index (χ1) is 29.6. The fourth-order valence-electron chi connectivity index (χ4n) is 5.65. The number of guanidine groups is 2. The number of rotatable bonds is 24. The zero-order chi connectivity index (χ0) is 47.3. The summed E-state index contributed by atoms with van der Waals surface area (Å²) in [5.74, 6) is -0.00347. The molecule has 0 aliphatic carbocycles. The second kappa shape index (κ2) is 26.6. The molecule has 0 heterocycles. The molecule has 0 bridgehead atoms. The SMILES string of the molecule is CC(=NCc1cccc(C(=O)Nc2cc(C(C)(C)C)cc(NC(=O)[C@@H](N)CCCN=C(N)N)c2SCCN)c1)C(SCCN)=C(C=CC(C)(C)C)NC(=O)[C@@H](N)CCCN=C(N)N. The van der Waals surface area contributed by atoms with Gasteiger partial charge in [0.05, 0.1) is 45.5 Å². The van der Waals surface area contributed by atoms with Crippen molar-refractivity contribution >= 4 is 70.3 Å². The first-order valence-corrected chi connectivity index (χ1v) is 23.0. The van der Waals surface area contributed by atoms with Crippen LogP contribution in [-0.2, 0) is 21.5 Å². The number of allylic oxidation sites excluding steroid dienone is 3. The summed E-state index contributed by atoms with van der Waals surface area (Å²) in [5, 5.41) is 9.16. The molecular weight excluding hydrogens is 837 g/mol. The van der Waals surface area contributed by atoms with Crippen molar-refractivity contribution in [3.05, 3.63) is 75.8 Å². The van der Waals surface area contributed by atoms with Crippen LogP contribution in [0.2, 0.25) is 0 Å². The van der Waals surface area contributed by atoms with Crippen LogP contribution < -0.4 is 61.8 Å². The summed E-state index contributed by atoms with van der Waals surface area (Å²) in [7, 11) is 0. The van der Waals surface area contributed by atoms with Gasteiger partial charge in [-0.1, -0.05) is 59.8 Å². The zero-order valence-electron chi connectivity index (χ0n) is 38.1. The van der Waals surface area contributed by atoms with E-state index in [1.165, 1.54) is 23.5 Å². The summed E-state index contributed by atoms with van der Waals surface area (Å²) in [5.41, 5.74) is 50.0. The Balaban J connectivity index is 2.50. The number of nitrogens with zero attached hydrogens (tertiary/aromatic N) is 3. The molecule has 3 amide bonds. The van der Waals surface area contributed by atoms with Gasteiger partial charge in [0.25, 0.3) is 5.91 Å². The van der Waals surface area contributed by atoms with E-state index >= 15 is 0 Å². The molecular formula is C44H72N14O3S2. The van der Waals surface area contributed by atoms with Gasteiger partial charge >= 0.3 is 0 Å². The van der Waals surface area contributed by atoms with Gasteiger partial charge in [0, 0.05) is 49.0 Å². The molecule has 63 heavy (non-hydrogen) atoms. The highest BCUT2D eigenvalue weighted by atomic mass is 32.2. The summed E-state index contributed by atoms with van der Waals surface area (Å²) in [6, 6.07) is 9.44. The monoisotopic (exact) mass is 909 g/mol. The quantitative estimate of drug-likeness (QED) is 0.0236. The molecule has 2 rings (SSSR count). The first-order valence-electron chi connectivity index (χ1n) is 21.0. The third kappa shape index (κ3) is 20.4. The van der Waals surface area contributed by atoms with Gasteiger partial charge in [-0.2, -0.15) is 0 Å². The minimum Gasteiger partial charge on any atom is -0.370 e. The van der Waals surface area contributed by atoms with E-state index in [1.54, 1.807) is 18.2 Å². The molecule has 19 heteroatoms. The third-order valence-electron chi connectivity index (χ3n) is 9.07. The van der Waals surface area contributed by atoms with E-state index in [1.807, 2.05) is 37.3 Å². The Labute approximate surface area is 382 Å². The van der Waals surface area contributed by atoms with E-state index in [4.69, 9.17) is 50.9 Å². The average molecular weight is 909 g/mol. The predicted molar refractivity (Wildman–Crippen MR) is 266 cm³/mol. The van der Waals surface area contributed by atoms with Gasteiger partial charge in [-0.25, -0.2) is 0 Å². The molecule has 348 valence electrons. The van der Waals surface area contributed by atoms with Crippen molar-refractivity contribution in [2.45, 2.75) is 103 Å². The maximum absolute atomic E-state index is 14.1. The normalized spacial score (nSPS) is 13.5. The zero-order valence-corrected chi connectivity index (χ0v) is 39.7. The Hall–Kier alpha value is -4.92. The van der Waals surface area contributed by atoms with Crippen LogP contribution >= 0.6 is 23.5 Å². The van der Waals surface area contributed by atoms with Crippen molar-refractivity contribution in [1.29, 1.82) is 0 Å². The van der Waals surface area contributed by atoms with E-state index in [2.05, 4.69) is 67.5 Å². The van der Waals surface area contributed by atoms with Crippen LogP contribution in [0.1, 0.15) is 95.6 Å². The molecule has 0 saturated carbocycles. The highest BCUT2D eigenvalue weighted by Gasteiger charge is 2.24. The van der Waals surface area contributed by atoms with Gasteiger partial charge in [-0.3, -0.25) is 29.4 Å². The maximum atomic E-state index is 14.1. The van der Waals surface area contributed by atoms with Gasteiger partial charge in [0.2, 0.25) is 11.8 Å². The van der Waals surface area contributed by atoms with Gasteiger partial charge in [-0.05, 0) is 84.9 Å². The summed E-state index contributed by atoms with van der Waals surface area (Å²) in [4.78, 5) is 55.1. The Morgan fingerprint density at radius 1 is 0.778 bits per heavy atom. The Kier molecular flexibility index (Phi) is 22.9. The van der Waals surface area contributed by atoms with Gasteiger partial charge in [-0.15, -0.1) is 23.5 Å². The van der Waals surface area contributed by atoms with Crippen LogP contribution in [0, 0.1) is 5.41 Å². The summed E-state index contributed by atoms with van der Waals surface area (Å²) in [6.45, 7) is 15.9. The molecule has 0 aliphatic rings. The number of thioether (sulfide) groups is 2. The van der Waals surface area contributed by atoms with Crippen molar-refractivity contribution in [3.8, 4) is 0 Å². The van der Waals surface area contributed by atoms with E-state index in [9.17, 15) is 14.4 Å². The number of nitrogens with one attached hydrogen (secondary N) is 3. The molecule has 19 N–H and O–H groups in total. The van der Waals surface area contributed by atoms with Gasteiger partial charge in [0.1, 0.15) is 0 Å². The molecule has 2 aromatic carbocycles. The summed E-state index contributed by atoms with van der Waals surface area (Å²) >= 11 is 2.91. The number of hydrogen-bond donors (Lipinski definition) is 11. The smallest absolute Gasteiger partial charge is 0.255 e. The highest BCUT2D eigenvalue weighted by molar-refractivity contribution is 8.04. The molecule has 0 unspecified atom stereocenters. The molecule has 0 aliphatic heterocycles. The second-order valence-electron chi connectivity index (χ2n) is 17.0. The van der Waals surface area contributed by atoms with Crippen LogP contribution in [0.15, 0.2) is 79.0 Å². The van der Waals surface area contributed by atoms with Crippen LogP contribution in [0.25, 0.3) is 0 Å². The lowest BCUT2D eigenvalue weighted by Crippen LogP contribution is -2.40. The Bertz CT molecular complexity index is 1990. The number of carbonyl (C=O) groups is 3. The fraction of sp³-hybridized carbons (Fsp3) is 0.500. The number of aliphatic imine (C=N–C) groups is 3. The standard InChI is InChI=1S/C44H72N14O3S2/c1-27(36(62-21-17-45)33(15-16-43(2,3)4)56-39(60)31(47)13-9-19-53-41(49)50)55-26-28-11-8-12-29(23-28)38(59)57-34-24-30(44(5,6)7)25-35(37(34)63-22-18-46)58-40(61)32(48)14-10-20-54-42(51)52/h8,11-12,15-16,23-25,31-32H,9-10,13-14,17-22,26,45-48H2,1-7H3,(H,56,60)(H,57,59)(H,58,61)(H4,49,50,53)(H4,51,52,54)/t31-,32-/m0/s1. The van der Waals surface area contributed by atoms with Crippen LogP contribution in [0.4, 0.5) is 11.4 Å². The highest BCUT2D eigenvalue weighted by Crippen LogP contribution is 2.39. The summed E-state index contributed by atoms with van der Waals surface area (Å²) in [6.07, 6.45) is 5.69. The largest absolute Gasteiger partial charge is 0.370 e. The first kappa shape index (κ1) is 54.2. The van der Waals surface area contributed by atoms with Gasteiger partial charge in [0.15, 0.2) is 11.9 Å². The molecule has 0 fully saturated rings. The van der Waals surface area contributed by atoms with Crippen molar-refractivity contribution in [3.63, 3.8) is 0 Å². The molecule has 0 radical (unpaired) electrons. The number of anilines is 2. The van der Waals surface area contributed by atoms with E-state index < -0.39 is 12.1 Å². The molecule has 17 nitrogen and oxygen atoms in total. The number of hydrogen-bond acceptors (Lipinski definition) is 12. The summed E-state index contributed by atoms with van der Waals surface area (Å²) < 4.78 is 0. The Morgan fingerprint density at radius 2 is 1.35 bits per heavy atom. The predicted octanol–water partition coefficient (Wildman–Crippen LogP) is 3.57. The molecule has 2 aromatic rings. The van der Waals surface area contributed by atoms with E-state index in [0.717, 1.165) is 16.0 Å². The van der Waals surface area contributed by atoms with E-state index in [0.29, 0.717) is 96.6 Å². The lowest BCUT2D eigenvalue weighted by molar-refractivity contribution is -0.121. The lowest BCUT2D eigenvalue weighted by atomic mass is 9.86. The maximum Gasteiger partial charge on any atom is 0.255 e. The second-order valence-corrected chi connectivity index (χ2v) is 19.2. The minimum absolute atomic E-state index is 0.0143.